The van der Waals surface area contributed by atoms with Crippen LogP contribution in [0.4, 0.5) is 9.59 Å². The number of fused-ring (bicyclic) bond motifs is 3. The Hall–Kier alpha value is -7.42. The summed E-state index contributed by atoms with van der Waals surface area (Å²) in [6, 6.07) is 29.9. The minimum atomic E-state index is -0.944. The van der Waals surface area contributed by atoms with E-state index < -0.39 is 30.3 Å². The molecule has 0 radical (unpaired) electrons. The zero-order valence-corrected chi connectivity index (χ0v) is 34.9. The number of likely N-dealkylation sites (tertiary alicyclic amines) is 1. The van der Waals surface area contributed by atoms with Crippen molar-refractivity contribution in [2.45, 2.75) is 50.4 Å². The van der Waals surface area contributed by atoms with E-state index in [1.807, 2.05) is 97.9 Å². The van der Waals surface area contributed by atoms with Gasteiger partial charge in [-0.2, -0.15) is 0 Å². The van der Waals surface area contributed by atoms with E-state index in [2.05, 4.69) is 20.6 Å². The first-order chi connectivity index (χ1) is 30.1. The summed E-state index contributed by atoms with van der Waals surface area (Å²) in [7, 11) is 4.23. The Morgan fingerprint density at radius 3 is 2.13 bits per heavy atom. The number of methoxy groups -OCH3 is 2. The van der Waals surface area contributed by atoms with Crippen LogP contribution in [0.3, 0.4) is 0 Å². The molecule has 6 aromatic rings. The number of H-pyrrole nitrogens is 2. The lowest BCUT2D eigenvalue weighted by atomic mass is 9.99. The van der Waals surface area contributed by atoms with E-state index in [0.717, 1.165) is 52.2 Å². The molecule has 0 bridgehead atoms. The van der Waals surface area contributed by atoms with Crippen LogP contribution in [0.25, 0.3) is 33.6 Å². The zero-order chi connectivity index (χ0) is 43.3. The monoisotopic (exact) mass is 836 g/mol. The fraction of sp³-hybridized carbons (Fsp3) is 0.277. The first-order valence-electron chi connectivity index (χ1n) is 20.5. The van der Waals surface area contributed by atoms with Crippen molar-refractivity contribution in [3.63, 3.8) is 0 Å². The first kappa shape index (κ1) is 41.3. The lowest BCUT2D eigenvalue weighted by molar-refractivity contribution is -0.135. The number of amides is 4. The van der Waals surface area contributed by atoms with E-state index in [9.17, 15) is 19.2 Å². The molecule has 0 aliphatic carbocycles. The van der Waals surface area contributed by atoms with Gasteiger partial charge in [-0.15, -0.1) is 0 Å². The number of carbonyl (C=O) groups excluding carboxylic acids is 4. The van der Waals surface area contributed by atoms with Crippen molar-refractivity contribution in [1.82, 2.24) is 40.4 Å². The van der Waals surface area contributed by atoms with Gasteiger partial charge in [-0.3, -0.25) is 9.59 Å². The molecule has 8 rings (SSSR count). The SMILES string of the molecule is COC(=O)N[C@@H](C(=O)N(C)[C@@H](C)c1nc2c([nH]1)CCOc1cc(-c3ccc(-c4cnc([C@@H]5CCCN5C(=O)[C@H](NC(=O)OC)c5ccccc5)[nH]4)cc3)ccc1-2)c1ccccc1. The maximum absolute atomic E-state index is 13.9. The van der Waals surface area contributed by atoms with Crippen LogP contribution in [0.2, 0.25) is 0 Å². The molecular formula is C47H48N8O7. The lowest BCUT2D eigenvalue weighted by Gasteiger charge is -2.28. The smallest absolute Gasteiger partial charge is 0.407 e. The minimum Gasteiger partial charge on any atom is -0.492 e. The number of benzene rings is 4. The third-order valence-electron chi connectivity index (χ3n) is 11.6. The minimum absolute atomic E-state index is 0.224. The predicted octanol–water partition coefficient (Wildman–Crippen LogP) is 7.45. The van der Waals surface area contributed by atoms with E-state index >= 15 is 0 Å². The van der Waals surface area contributed by atoms with Crippen LogP contribution >= 0.6 is 0 Å². The highest BCUT2D eigenvalue weighted by Gasteiger charge is 2.37. The lowest BCUT2D eigenvalue weighted by Crippen LogP contribution is -2.42. The van der Waals surface area contributed by atoms with E-state index in [-0.39, 0.29) is 17.9 Å². The largest absolute Gasteiger partial charge is 0.492 e. The number of aromatic amines is 2. The Morgan fingerprint density at radius 1 is 0.823 bits per heavy atom. The first-order valence-corrected chi connectivity index (χ1v) is 20.5. The topological polar surface area (TPSA) is 184 Å². The van der Waals surface area contributed by atoms with Crippen molar-refractivity contribution in [2.75, 3.05) is 34.4 Å². The number of nitrogens with one attached hydrogen (secondary N) is 4. The van der Waals surface area contributed by atoms with Crippen LogP contribution in [0, 0.1) is 0 Å². The second-order valence-corrected chi connectivity index (χ2v) is 15.3. The third-order valence-corrected chi connectivity index (χ3v) is 11.6. The van der Waals surface area contributed by atoms with Crippen LogP contribution < -0.4 is 15.4 Å². The summed E-state index contributed by atoms with van der Waals surface area (Å²) in [5.41, 5.74) is 7.55. The fourth-order valence-corrected chi connectivity index (χ4v) is 8.08. The van der Waals surface area contributed by atoms with E-state index in [0.29, 0.717) is 48.1 Å². The molecule has 1 fully saturated rings. The number of alkyl carbamates (subject to hydrolysis) is 2. The van der Waals surface area contributed by atoms with Gasteiger partial charge < -0.3 is 44.6 Å². The number of carbonyl (C=O) groups is 4. The molecule has 1 saturated heterocycles. The van der Waals surface area contributed by atoms with Crippen LogP contribution in [0.5, 0.6) is 5.75 Å². The molecule has 4 amide bonds. The summed E-state index contributed by atoms with van der Waals surface area (Å²) >= 11 is 0. The summed E-state index contributed by atoms with van der Waals surface area (Å²) in [4.78, 5) is 72.2. The fourth-order valence-electron chi connectivity index (χ4n) is 8.08. The van der Waals surface area contributed by atoms with Crippen molar-refractivity contribution < 1.29 is 33.4 Å². The molecule has 62 heavy (non-hydrogen) atoms. The summed E-state index contributed by atoms with van der Waals surface area (Å²) in [6.45, 7) is 2.87. The number of hydrogen-bond donors (Lipinski definition) is 4. The Bertz CT molecular complexity index is 2560. The van der Waals surface area contributed by atoms with Gasteiger partial charge in [0.05, 0.1) is 50.5 Å². The van der Waals surface area contributed by atoms with E-state index in [4.69, 9.17) is 24.2 Å². The number of hydrogen-bond acceptors (Lipinski definition) is 9. The Kier molecular flexibility index (Phi) is 12.0. The molecule has 4 heterocycles. The van der Waals surface area contributed by atoms with Gasteiger partial charge in [-0.1, -0.05) is 91.0 Å². The maximum atomic E-state index is 13.9. The summed E-state index contributed by atoms with van der Waals surface area (Å²) in [5, 5.41) is 5.38. The predicted molar refractivity (Wildman–Crippen MR) is 231 cm³/mol. The highest BCUT2D eigenvalue weighted by atomic mass is 16.5. The number of rotatable bonds is 11. The van der Waals surface area contributed by atoms with Crippen molar-refractivity contribution in [2.24, 2.45) is 0 Å². The number of likely N-dealkylation sites (N-methyl/N-ethyl adjacent to an activating group) is 1. The Balaban J connectivity index is 0.970. The molecule has 318 valence electrons. The second kappa shape index (κ2) is 18.1. The van der Waals surface area contributed by atoms with Gasteiger partial charge in [-0.25, -0.2) is 19.6 Å². The molecule has 2 aliphatic rings. The Labute approximate surface area is 358 Å². The molecule has 0 unspecified atom stereocenters. The quantitative estimate of drug-likeness (QED) is 0.103. The normalized spacial score (nSPS) is 15.7. The summed E-state index contributed by atoms with van der Waals surface area (Å²) < 4.78 is 15.9. The molecule has 4 aromatic carbocycles. The molecule has 0 saturated carbocycles. The molecule has 2 aromatic heterocycles. The highest BCUT2D eigenvalue weighted by molar-refractivity contribution is 5.88. The Morgan fingerprint density at radius 2 is 1.45 bits per heavy atom. The van der Waals surface area contributed by atoms with Gasteiger partial charge in [-0.05, 0) is 59.7 Å². The maximum Gasteiger partial charge on any atom is 0.407 e. The standard InChI is InChI=1S/C47H48N8O7/c1-28(54(2)44(56)39(52-46(58)60-3)31-12-7-5-8-13-31)42-49-35-23-25-62-38-26-33(21-22-34(38)41(35)51-42)29-17-19-30(20-18-29)36-27-48-43(50-36)37-16-11-24-55(37)45(57)40(53-47(59)61-4)32-14-9-6-10-15-32/h5-10,12-15,17-22,26-28,37,39-40H,11,16,23-25H2,1-4H3,(H,48,50)(H,49,51)(H,52,58)(H,53,59)/t28-,37-,39+,40+/m0/s1. The summed E-state index contributed by atoms with van der Waals surface area (Å²) in [6.07, 6.45) is 2.54. The number of aromatic nitrogens is 4. The van der Waals surface area contributed by atoms with Crippen LogP contribution in [-0.4, -0.2) is 88.2 Å². The van der Waals surface area contributed by atoms with Gasteiger partial charge in [0.25, 0.3) is 5.91 Å². The molecule has 4 N–H and O–H groups in total. The van der Waals surface area contributed by atoms with Crippen LogP contribution in [0.15, 0.2) is 109 Å². The molecule has 15 nitrogen and oxygen atoms in total. The van der Waals surface area contributed by atoms with Crippen molar-refractivity contribution in [3.05, 3.63) is 138 Å². The third kappa shape index (κ3) is 8.46. The number of ether oxygens (including phenoxy) is 3. The molecule has 15 heteroatoms. The van der Waals surface area contributed by atoms with Gasteiger partial charge in [0.2, 0.25) is 5.91 Å². The number of nitrogens with zero attached hydrogens (tertiary/aromatic N) is 4. The molecular weight excluding hydrogens is 789 g/mol. The molecule has 4 atom stereocenters. The summed E-state index contributed by atoms with van der Waals surface area (Å²) in [5.74, 6) is 1.46. The van der Waals surface area contributed by atoms with Crippen molar-refractivity contribution in [1.29, 1.82) is 0 Å². The average Bonchev–Trinajstić information content (AvgIpc) is 4.09. The van der Waals surface area contributed by atoms with Gasteiger partial charge in [0, 0.05) is 31.3 Å². The van der Waals surface area contributed by atoms with Gasteiger partial charge >= 0.3 is 12.2 Å². The molecule has 0 spiro atoms. The molecule has 2 aliphatic heterocycles. The highest BCUT2D eigenvalue weighted by Crippen LogP contribution is 2.39. The van der Waals surface area contributed by atoms with E-state index in [1.165, 1.54) is 14.2 Å². The second-order valence-electron chi connectivity index (χ2n) is 15.3. The van der Waals surface area contributed by atoms with Crippen molar-refractivity contribution in [3.8, 4) is 39.4 Å². The van der Waals surface area contributed by atoms with Crippen LogP contribution in [0.1, 0.15) is 72.4 Å². The number of imidazole rings is 2. The van der Waals surface area contributed by atoms with Crippen molar-refractivity contribution >= 4 is 24.0 Å². The zero-order valence-electron chi connectivity index (χ0n) is 34.9. The van der Waals surface area contributed by atoms with E-state index in [1.54, 1.807) is 35.2 Å². The average molecular weight is 837 g/mol. The van der Waals surface area contributed by atoms with Crippen LogP contribution in [-0.2, 0) is 25.5 Å². The van der Waals surface area contributed by atoms with Gasteiger partial charge in [0.15, 0.2) is 0 Å². The van der Waals surface area contributed by atoms with Gasteiger partial charge in [0.1, 0.15) is 29.5 Å².